The molecule has 1 aromatic rings. The average Bonchev–Trinajstić information content (AvgIpc) is 2.72. The van der Waals surface area contributed by atoms with Gasteiger partial charge in [0.15, 0.2) is 0 Å². The van der Waals surface area contributed by atoms with Crippen molar-refractivity contribution in [3.63, 3.8) is 0 Å². The van der Waals surface area contributed by atoms with Gasteiger partial charge in [0.1, 0.15) is 12.4 Å². The zero-order valence-corrected chi connectivity index (χ0v) is 16.3. The van der Waals surface area contributed by atoms with Crippen molar-refractivity contribution in [3.05, 3.63) is 18.7 Å². The van der Waals surface area contributed by atoms with Crippen LogP contribution in [-0.2, 0) is 22.8 Å². The normalized spacial score (nSPS) is 11.9. The molecule has 1 rings (SSSR count). The second-order valence-electron chi connectivity index (χ2n) is 4.74. The molecular weight excluding hydrogens is 382 g/mol. The molecule has 0 spiro atoms. The number of aryl methyl sites for hydroxylation is 2. The van der Waals surface area contributed by atoms with Crippen LogP contribution in [0.4, 0.5) is 0 Å². The Balaban J connectivity index is 0.000000621. The van der Waals surface area contributed by atoms with Crippen LogP contribution in [0.1, 0.15) is 51.9 Å². The van der Waals surface area contributed by atoms with Crippen LogP contribution in [0.15, 0.2) is 18.7 Å². The van der Waals surface area contributed by atoms with Gasteiger partial charge in [0.05, 0.1) is 13.6 Å². The van der Waals surface area contributed by atoms with E-state index in [0.29, 0.717) is 0 Å². The molecule has 123 valence electrons. The van der Waals surface area contributed by atoms with Crippen molar-refractivity contribution in [3.8, 4) is 0 Å². The summed E-state index contributed by atoms with van der Waals surface area (Å²) in [6.07, 6.45) is 16.1. The molecule has 0 aliphatic carbocycles. The molecule has 0 radical (unpaired) electrons. The summed E-state index contributed by atoms with van der Waals surface area (Å²) in [4.78, 5) is 0. The van der Waals surface area contributed by atoms with Crippen molar-refractivity contribution in [1.82, 2.24) is 4.57 Å². The van der Waals surface area contributed by atoms with E-state index in [0.717, 1.165) is 0 Å². The van der Waals surface area contributed by atoms with Crippen LogP contribution in [0.3, 0.4) is 0 Å². The summed E-state index contributed by atoms with van der Waals surface area (Å²) in [7, 11) is 19.3. The first kappa shape index (κ1) is 20.9. The summed E-state index contributed by atoms with van der Waals surface area (Å²) < 4.78 is 4.37. The minimum absolute atomic E-state index is 1.18. The number of unbranched alkanes of at least 4 members (excludes halogenated alkanes) is 6. The summed E-state index contributed by atoms with van der Waals surface area (Å²) in [6, 6.07) is 0. The topological polar surface area (TPSA) is 8.81 Å². The summed E-state index contributed by atoms with van der Waals surface area (Å²) in [5, 5.41) is 0. The fraction of sp³-hybridized carbons (Fsp3) is 0.769. The Labute approximate surface area is 142 Å². The van der Waals surface area contributed by atoms with Crippen molar-refractivity contribution in [2.45, 2.75) is 58.4 Å². The minimum atomic E-state index is -2.61. The number of hydrogen-bond acceptors (Lipinski definition) is 0. The molecule has 0 bridgehead atoms. The van der Waals surface area contributed by atoms with Crippen LogP contribution in [-0.4, -0.2) is 4.57 Å². The van der Waals surface area contributed by atoms with Crippen molar-refractivity contribution in [1.29, 1.82) is 0 Å². The van der Waals surface area contributed by atoms with Gasteiger partial charge < -0.3 is 0 Å². The van der Waals surface area contributed by atoms with Crippen molar-refractivity contribution < 1.29 is 13.8 Å². The average molecular weight is 407 g/mol. The second-order valence-corrected chi connectivity index (χ2v) is 15.7. The third kappa shape index (κ3) is 16.9. The van der Waals surface area contributed by atoms with E-state index >= 15 is 0 Å². The molecule has 0 aliphatic rings. The summed E-state index contributed by atoms with van der Waals surface area (Å²) in [5.41, 5.74) is 0. The van der Waals surface area contributed by atoms with Gasteiger partial charge in [-0.25, -0.2) is 9.13 Å². The van der Waals surface area contributed by atoms with Gasteiger partial charge in [-0.3, -0.25) is 0 Å². The van der Waals surface area contributed by atoms with Gasteiger partial charge in [-0.15, -0.1) is 0 Å². The molecule has 0 atom stereocenters. The fourth-order valence-corrected chi connectivity index (χ4v) is 1.89. The van der Waals surface area contributed by atoms with Gasteiger partial charge in [-0.05, 0) is 12.8 Å². The Morgan fingerprint density at radius 2 is 1.45 bits per heavy atom. The molecule has 0 aromatic carbocycles. The van der Waals surface area contributed by atoms with E-state index in [2.05, 4.69) is 41.8 Å². The number of aromatic nitrogens is 2. The van der Waals surface area contributed by atoms with Crippen LogP contribution in [0.25, 0.3) is 0 Å². The first-order chi connectivity index (χ1) is 9.33. The SMILES string of the molecule is CCCCCCCCCn1cc[n+](C)c1.[Cl][Fe-]([Cl])([Cl])[Cl]. The third-order valence-corrected chi connectivity index (χ3v) is 2.84. The van der Waals surface area contributed by atoms with Crippen molar-refractivity contribution >= 4 is 40.4 Å². The van der Waals surface area contributed by atoms with Crippen LogP contribution >= 0.6 is 40.4 Å². The Morgan fingerprint density at radius 3 is 1.90 bits per heavy atom. The van der Waals surface area contributed by atoms with Crippen molar-refractivity contribution in [2.24, 2.45) is 7.05 Å². The first-order valence-electron chi connectivity index (χ1n) is 6.87. The van der Waals surface area contributed by atoms with E-state index in [1.54, 1.807) is 0 Å². The number of nitrogens with zero attached hydrogens (tertiary/aromatic N) is 2. The molecule has 20 heavy (non-hydrogen) atoms. The summed E-state index contributed by atoms with van der Waals surface area (Å²) >= 11 is 0. The number of hydrogen-bond donors (Lipinski definition) is 0. The van der Waals surface area contributed by atoms with Crippen LogP contribution in [0, 0.1) is 0 Å². The number of halogens is 4. The van der Waals surface area contributed by atoms with Gasteiger partial charge in [0.2, 0.25) is 6.33 Å². The quantitative estimate of drug-likeness (QED) is 0.292. The molecule has 0 unspecified atom stereocenters. The second kappa shape index (κ2) is 12.4. The standard InChI is InChI=1S/C13H25N2.4ClH.Fe/c1-3-4-5-6-7-8-9-10-15-12-11-14(2)13-15;;;;;/h11-13H,3-10H2,1-2H3;4*1H;/q+1;;;;;+3/p-4. The molecule has 1 heterocycles. The third-order valence-electron chi connectivity index (χ3n) is 2.84. The molecule has 2 nitrogen and oxygen atoms in total. The fourth-order valence-electron chi connectivity index (χ4n) is 1.89. The van der Waals surface area contributed by atoms with Crippen LogP contribution < -0.4 is 4.57 Å². The van der Waals surface area contributed by atoms with Crippen molar-refractivity contribution in [2.75, 3.05) is 0 Å². The van der Waals surface area contributed by atoms with E-state index in [1.165, 1.54) is 51.5 Å². The predicted molar refractivity (Wildman–Crippen MR) is 87.0 cm³/mol. The van der Waals surface area contributed by atoms with E-state index < -0.39 is 9.20 Å². The molecule has 7 heteroatoms. The Bertz CT molecular complexity index is 333. The summed E-state index contributed by atoms with van der Waals surface area (Å²) in [5.74, 6) is 0. The maximum absolute atomic E-state index is 4.95. The maximum atomic E-state index is 4.95. The summed E-state index contributed by atoms with van der Waals surface area (Å²) in [6.45, 7) is 3.45. The Morgan fingerprint density at radius 1 is 0.950 bits per heavy atom. The van der Waals surface area contributed by atoms with Gasteiger partial charge >= 0.3 is 49.6 Å². The van der Waals surface area contributed by atoms with Gasteiger partial charge in [-0.2, -0.15) is 0 Å². The number of imidazole rings is 1. The van der Waals surface area contributed by atoms with Crippen LogP contribution in [0.2, 0.25) is 0 Å². The number of rotatable bonds is 8. The van der Waals surface area contributed by atoms with Gasteiger partial charge in [0.25, 0.3) is 0 Å². The van der Waals surface area contributed by atoms with Gasteiger partial charge in [-0.1, -0.05) is 39.0 Å². The molecule has 0 saturated carbocycles. The first-order valence-corrected chi connectivity index (χ1v) is 12.9. The monoisotopic (exact) mass is 405 g/mol. The van der Waals surface area contributed by atoms with E-state index in [-0.39, 0.29) is 0 Å². The molecule has 0 fully saturated rings. The molecule has 0 amide bonds. The van der Waals surface area contributed by atoms with Gasteiger partial charge in [0, 0.05) is 0 Å². The molecular formula is C13H25Cl4FeN2. The molecule has 1 aromatic heterocycles. The van der Waals surface area contributed by atoms with E-state index in [1.807, 2.05) is 0 Å². The van der Waals surface area contributed by atoms with Crippen LogP contribution in [0.5, 0.6) is 0 Å². The molecule has 0 aliphatic heterocycles. The molecule has 0 N–H and O–H groups in total. The zero-order chi connectivity index (χ0) is 15.4. The molecule has 0 saturated heterocycles. The zero-order valence-electron chi connectivity index (χ0n) is 12.1. The Kier molecular flexibility index (Phi) is 13.0. The van der Waals surface area contributed by atoms with E-state index in [9.17, 15) is 0 Å². The van der Waals surface area contributed by atoms with E-state index in [4.69, 9.17) is 40.4 Å². The Hall–Kier alpha value is 0.889. The predicted octanol–water partition coefficient (Wildman–Crippen LogP) is 5.82.